The Morgan fingerprint density at radius 1 is 1.30 bits per heavy atom. The molecule has 2 aliphatic rings. The molecule has 0 heterocycles. The summed E-state index contributed by atoms with van der Waals surface area (Å²) in [6.45, 7) is 0. The number of allylic oxidation sites excluding steroid dienone is 2. The lowest BCUT2D eigenvalue weighted by Crippen LogP contribution is -2.19. The van der Waals surface area contributed by atoms with E-state index in [2.05, 4.69) is 6.08 Å². The van der Waals surface area contributed by atoms with Gasteiger partial charge in [0.25, 0.3) is 0 Å². The third-order valence-electron chi connectivity index (χ3n) is 2.69. The first kappa shape index (κ1) is 6.14. The number of carbonyl (C=O) groups is 1. The molecule has 0 aliphatic heterocycles. The molecule has 2 rings (SSSR count). The van der Waals surface area contributed by atoms with Crippen molar-refractivity contribution in [3.8, 4) is 0 Å². The number of hydrogen-bond donors (Lipinski definition) is 0. The average molecular weight is 136 g/mol. The normalized spacial score (nSPS) is 38.2. The van der Waals surface area contributed by atoms with Crippen LogP contribution in [0.15, 0.2) is 12.2 Å². The van der Waals surface area contributed by atoms with E-state index in [0.717, 1.165) is 6.42 Å². The molecule has 1 nitrogen and oxygen atoms in total. The van der Waals surface area contributed by atoms with Crippen molar-refractivity contribution < 1.29 is 4.79 Å². The molecular weight excluding hydrogens is 124 g/mol. The Morgan fingerprint density at radius 3 is 2.90 bits per heavy atom. The maximum atomic E-state index is 11.1. The summed E-state index contributed by atoms with van der Waals surface area (Å²) in [5.74, 6) is 1.37. The first-order valence-corrected chi connectivity index (χ1v) is 4.10. The van der Waals surface area contributed by atoms with Crippen LogP contribution in [0, 0.1) is 11.8 Å². The van der Waals surface area contributed by atoms with Crippen molar-refractivity contribution in [1.82, 2.24) is 0 Å². The van der Waals surface area contributed by atoms with Gasteiger partial charge in [-0.15, -0.1) is 0 Å². The highest BCUT2D eigenvalue weighted by Gasteiger charge is 2.31. The monoisotopic (exact) mass is 136 g/mol. The molecule has 0 aromatic carbocycles. The first-order chi connectivity index (χ1) is 4.88. The predicted octanol–water partition coefficient (Wildman–Crippen LogP) is 1.93. The fraction of sp³-hybridized carbons (Fsp3) is 0.667. The van der Waals surface area contributed by atoms with Gasteiger partial charge >= 0.3 is 0 Å². The molecule has 0 aromatic rings. The first-order valence-electron chi connectivity index (χ1n) is 4.10. The summed E-state index contributed by atoms with van der Waals surface area (Å²) in [6, 6.07) is 0. The summed E-state index contributed by atoms with van der Waals surface area (Å²) in [4.78, 5) is 11.1. The Kier molecular flexibility index (Phi) is 1.37. The van der Waals surface area contributed by atoms with Crippen LogP contribution < -0.4 is 0 Å². The van der Waals surface area contributed by atoms with Crippen LogP contribution in [0.1, 0.15) is 25.7 Å². The summed E-state index contributed by atoms with van der Waals surface area (Å²) < 4.78 is 0. The van der Waals surface area contributed by atoms with Crippen LogP contribution in [-0.2, 0) is 4.79 Å². The highest BCUT2D eigenvalue weighted by Crippen LogP contribution is 2.35. The molecule has 2 atom stereocenters. The standard InChI is InChI=1S/C9H12O/c10-9-6-5-7-3-1-2-4-8(7)9/h5-8H,1-4H2/t7-,8-/m0/s1. The highest BCUT2D eigenvalue weighted by atomic mass is 16.1. The zero-order valence-corrected chi connectivity index (χ0v) is 6.05. The quantitative estimate of drug-likeness (QED) is 0.497. The van der Waals surface area contributed by atoms with Crippen LogP contribution in [-0.4, -0.2) is 5.78 Å². The largest absolute Gasteiger partial charge is 0.295 e. The highest BCUT2D eigenvalue weighted by molar-refractivity contribution is 5.94. The van der Waals surface area contributed by atoms with Crippen LogP contribution >= 0.6 is 0 Å². The maximum absolute atomic E-state index is 11.1. The lowest BCUT2D eigenvalue weighted by molar-refractivity contribution is -0.119. The summed E-state index contributed by atoms with van der Waals surface area (Å²) in [7, 11) is 0. The van der Waals surface area contributed by atoms with Gasteiger partial charge in [0, 0.05) is 5.92 Å². The van der Waals surface area contributed by atoms with Gasteiger partial charge in [-0.1, -0.05) is 18.9 Å². The van der Waals surface area contributed by atoms with Gasteiger partial charge in [-0.3, -0.25) is 4.79 Å². The molecule has 1 fully saturated rings. The number of carbonyl (C=O) groups excluding carboxylic acids is 1. The van der Waals surface area contributed by atoms with E-state index in [-0.39, 0.29) is 0 Å². The van der Waals surface area contributed by atoms with E-state index < -0.39 is 0 Å². The van der Waals surface area contributed by atoms with Crippen molar-refractivity contribution in [2.75, 3.05) is 0 Å². The Labute approximate surface area is 61.1 Å². The molecule has 0 radical (unpaired) electrons. The molecule has 0 bridgehead atoms. The third-order valence-corrected chi connectivity index (χ3v) is 2.69. The summed E-state index contributed by atoms with van der Waals surface area (Å²) in [5, 5.41) is 0. The van der Waals surface area contributed by atoms with Crippen molar-refractivity contribution in [1.29, 1.82) is 0 Å². The minimum absolute atomic E-state index is 0.379. The number of hydrogen-bond acceptors (Lipinski definition) is 1. The van der Waals surface area contributed by atoms with Crippen molar-refractivity contribution in [2.24, 2.45) is 11.8 Å². The Bertz CT molecular complexity index is 181. The molecule has 0 saturated heterocycles. The van der Waals surface area contributed by atoms with E-state index in [0.29, 0.717) is 17.6 Å². The Hall–Kier alpha value is -0.590. The molecule has 1 heteroatoms. The van der Waals surface area contributed by atoms with E-state index >= 15 is 0 Å². The zero-order valence-electron chi connectivity index (χ0n) is 6.05. The van der Waals surface area contributed by atoms with Gasteiger partial charge in [-0.25, -0.2) is 0 Å². The van der Waals surface area contributed by atoms with E-state index in [1.54, 1.807) is 6.08 Å². The summed E-state index contributed by atoms with van der Waals surface area (Å²) in [6.07, 6.45) is 8.84. The molecule has 10 heavy (non-hydrogen) atoms. The Balaban J connectivity index is 2.14. The smallest absolute Gasteiger partial charge is 0.159 e. The molecular formula is C9H12O. The molecule has 2 aliphatic carbocycles. The molecule has 0 N–H and O–H groups in total. The Morgan fingerprint density at radius 2 is 2.10 bits per heavy atom. The van der Waals surface area contributed by atoms with E-state index in [9.17, 15) is 4.79 Å². The van der Waals surface area contributed by atoms with Crippen molar-refractivity contribution in [2.45, 2.75) is 25.7 Å². The van der Waals surface area contributed by atoms with E-state index in [4.69, 9.17) is 0 Å². The van der Waals surface area contributed by atoms with Gasteiger partial charge in [-0.2, -0.15) is 0 Å². The van der Waals surface area contributed by atoms with E-state index in [1.165, 1.54) is 19.3 Å². The minimum atomic E-state index is 0.379. The second kappa shape index (κ2) is 2.22. The van der Waals surface area contributed by atoms with Crippen LogP contribution in [0.5, 0.6) is 0 Å². The van der Waals surface area contributed by atoms with Crippen LogP contribution in [0.4, 0.5) is 0 Å². The lowest BCUT2D eigenvalue weighted by Gasteiger charge is -2.22. The van der Waals surface area contributed by atoms with Gasteiger partial charge in [0.2, 0.25) is 0 Å². The SMILES string of the molecule is O=C1C=C[C@@H]2CCCC[C@H]12. The van der Waals surface area contributed by atoms with Crippen molar-refractivity contribution in [3.63, 3.8) is 0 Å². The third kappa shape index (κ3) is 0.808. The second-order valence-electron chi connectivity index (χ2n) is 3.32. The fourth-order valence-electron chi connectivity index (χ4n) is 2.09. The van der Waals surface area contributed by atoms with Crippen LogP contribution in [0.3, 0.4) is 0 Å². The molecule has 0 aromatic heterocycles. The minimum Gasteiger partial charge on any atom is -0.295 e. The van der Waals surface area contributed by atoms with Gasteiger partial charge in [0.05, 0.1) is 0 Å². The lowest BCUT2D eigenvalue weighted by atomic mass is 9.81. The number of ketones is 1. The zero-order chi connectivity index (χ0) is 6.97. The summed E-state index contributed by atoms with van der Waals surface area (Å²) in [5.41, 5.74) is 0. The molecule has 0 amide bonds. The van der Waals surface area contributed by atoms with Gasteiger partial charge < -0.3 is 0 Å². The van der Waals surface area contributed by atoms with Crippen LogP contribution in [0.25, 0.3) is 0 Å². The predicted molar refractivity (Wildman–Crippen MR) is 39.6 cm³/mol. The maximum Gasteiger partial charge on any atom is 0.159 e. The molecule has 0 unspecified atom stereocenters. The molecule has 1 saturated carbocycles. The van der Waals surface area contributed by atoms with Gasteiger partial charge in [0.1, 0.15) is 0 Å². The van der Waals surface area contributed by atoms with Crippen molar-refractivity contribution >= 4 is 5.78 Å². The number of fused-ring (bicyclic) bond motifs is 1. The number of rotatable bonds is 0. The van der Waals surface area contributed by atoms with Gasteiger partial charge in [-0.05, 0) is 24.8 Å². The van der Waals surface area contributed by atoms with Crippen LogP contribution in [0.2, 0.25) is 0 Å². The van der Waals surface area contributed by atoms with Crippen molar-refractivity contribution in [3.05, 3.63) is 12.2 Å². The molecule has 0 spiro atoms. The topological polar surface area (TPSA) is 17.1 Å². The average Bonchev–Trinajstić information content (AvgIpc) is 2.34. The van der Waals surface area contributed by atoms with Gasteiger partial charge in [0.15, 0.2) is 5.78 Å². The van der Waals surface area contributed by atoms with E-state index in [1.807, 2.05) is 0 Å². The second-order valence-corrected chi connectivity index (χ2v) is 3.32. The fourth-order valence-corrected chi connectivity index (χ4v) is 2.09. The summed E-state index contributed by atoms with van der Waals surface area (Å²) >= 11 is 0. The molecule has 54 valence electrons.